The van der Waals surface area contributed by atoms with Crippen LogP contribution in [0.4, 0.5) is 4.39 Å². The fourth-order valence-electron chi connectivity index (χ4n) is 4.05. The SMILES string of the molecule is CC(C)(C)n1nnnc1[C@H](c1ccc(F)cc1)N(Cc1cccnc1)C[C@H]1CCCO1. The van der Waals surface area contributed by atoms with Gasteiger partial charge in [-0.1, -0.05) is 18.2 Å². The molecule has 1 aromatic carbocycles. The molecule has 7 nitrogen and oxygen atoms in total. The zero-order valence-corrected chi connectivity index (χ0v) is 18.3. The number of aromatic nitrogens is 5. The van der Waals surface area contributed by atoms with E-state index in [-0.39, 0.29) is 23.5 Å². The maximum atomic E-state index is 13.7. The topological polar surface area (TPSA) is 69.0 Å². The van der Waals surface area contributed by atoms with Gasteiger partial charge in [0.25, 0.3) is 0 Å². The molecular formula is C23H29FN6O. The van der Waals surface area contributed by atoms with Crippen molar-refractivity contribution in [1.82, 2.24) is 30.1 Å². The number of hydrogen-bond donors (Lipinski definition) is 0. The van der Waals surface area contributed by atoms with Gasteiger partial charge in [0.15, 0.2) is 5.82 Å². The largest absolute Gasteiger partial charge is 0.377 e. The monoisotopic (exact) mass is 424 g/mol. The lowest BCUT2D eigenvalue weighted by Crippen LogP contribution is -2.39. The molecule has 0 N–H and O–H groups in total. The van der Waals surface area contributed by atoms with Gasteiger partial charge in [-0.2, -0.15) is 0 Å². The van der Waals surface area contributed by atoms with E-state index in [0.717, 1.165) is 36.4 Å². The summed E-state index contributed by atoms with van der Waals surface area (Å²) < 4.78 is 21.6. The van der Waals surface area contributed by atoms with Crippen molar-refractivity contribution in [3.05, 3.63) is 71.6 Å². The Balaban J connectivity index is 1.79. The van der Waals surface area contributed by atoms with Crippen LogP contribution in [0.3, 0.4) is 0 Å². The first-order chi connectivity index (χ1) is 14.9. The quantitative estimate of drug-likeness (QED) is 0.576. The second-order valence-corrected chi connectivity index (χ2v) is 9.00. The zero-order valence-electron chi connectivity index (χ0n) is 18.3. The van der Waals surface area contributed by atoms with Crippen molar-refractivity contribution >= 4 is 0 Å². The third-order valence-electron chi connectivity index (χ3n) is 5.50. The Kier molecular flexibility index (Phi) is 6.38. The minimum absolute atomic E-state index is 0.138. The molecule has 164 valence electrons. The fourth-order valence-corrected chi connectivity index (χ4v) is 4.05. The lowest BCUT2D eigenvalue weighted by atomic mass is 10.0. The molecule has 2 aromatic heterocycles. The zero-order chi connectivity index (χ0) is 21.8. The predicted octanol–water partition coefficient (Wildman–Crippen LogP) is 3.73. The Labute approximate surface area is 182 Å². The average molecular weight is 425 g/mol. The number of hydrogen-bond acceptors (Lipinski definition) is 6. The molecule has 0 amide bonds. The molecule has 1 aliphatic heterocycles. The van der Waals surface area contributed by atoms with Crippen molar-refractivity contribution in [2.75, 3.05) is 13.2 Å². The van der Waals surface area contributed by atoms with Crippen LogP contribution in [0, 0.1) is 5.82 Å². The molecule has 3 heterocycles. The van der Waals surface area contributed by atoms with Crippen molar-refractivity contribution < 1.29 is 9.13 Å². The van der Waals surface area contributed by atoms with Crippen LogP contribution in [-0.4, -0.2) is 49.3 Å². The van der Waals surface area contributed by atoms with Gasteiger partial charge in [0, 0.05) is 32.1 Å². The van der Waals surface area contributed by atoms with Gasteiger partial charge in [0.2, 0.25) is 0 Å². The second-order valence-electron chi connectivity index (χ2n) is 9.00. The van der Waals surface area contributed by atoms with E-state index in [1.807, 2.05) is 29.1 Å². The van der Waals surface area contributed by atoms with Gasteiger partial charge in [0.1, 0.15) is 5.82 Å². The van der Waals surface area contributed by atoms with Gasteiger partial charge in [0.05, 0.1) is 17.7 Å². The van der Waals surface area contributed by atoms with Crippen LogP contribution in [0.25, 0.3) is 0 Å². The Morgan fingerprint density at radius 3 is 2.68 bits per heavy atom. The van der Waals surface area contributed by atoms with Gasteiger partial charge < -0.3 is 4.74 Å². The smallest absolute Gasteiger partial charge is 0.173 e. The summed E-state index contributed by atoms with van der Waals surface area (Å²) in [4.78, 5) is 6.59. The molecule has 4 rings (SSSR count). The van der Waals surface area contributed by atoms with Crippen LogP contribution in [-0.2, 0) is 16.8 Å². The maximum absolute atomic E-state index is 13.7. The lowest BCUT2D eigenvalue weighted by Gasteiger charge is -2.34. The van der Waals surface area contributed by atoms with Gasteiger partial charge in [-0.25, -0.2) is 9.07 Å². The van der Waals surface area contributed by atoms with Crippen LogP contribution in [0.1, 0.15) is 56.6 Å². The van der Waals surface area contributed by atoms with E-state index in [1.54, 1.807) is 6.20 Å². The lowest BCUT2D eigenvalue weighted by molar-refractivity contribution is 0.0566. The number of tetrazole rings is 1. The van der Waals surface area contributed by atoms with Crippen molar-refractivity contribution in [2.45, 2.75) is 57.8 Å². The van der Waals surface area contributed by atoms with E-state index in [0.29, 0.717) is 13.1 Å². The highest BCUT2D eigenvalue weighted by Crippen LogP contribution is 2.32. The molecule has 8 heteroatoms. The molecule has 0 radical (unpaired) electrons. The van der Waals surface area contributed by atoms with E-state index >= 15 is 0 Å². The summed E-state index contributed by atoms with van der Waals surface area (Å²) in [5.74, 6) is 0.455. The van der Waals surface area contributed by atoms with E-state index in [4.69, 9.17) is 4.74 Å². The number of ether oxygens (including phenoxy) is 1. The summed E-state index contributed by atoms with van der Waals surface area (Å²) >= 11 is 0. The first-order valence-electron chi connectivity index (χ1n) is 10.7. The van der Waals surface area contributed by atoms with Crippen molar-refractivity contribution in [2.24, 2.45) is 0 Å². The summed E-state index contributed by atoms with van der Waals surface area (Å²) in [7, 11) is 0. The first-order valence-corrected chi connectivity index (χ1v) is 10.7. The third-order valence-corrected chi connectivity index (χ3v) is 5.50. The Morgan fingerprint density at radius 2 is 2.03 bits per heavy atom. The molecule has 31 heavy (non-hydrogen) atoms. The summed E-state index contributed by atoms with van der Waals surface area (Å²) in [6.45, 7) is 8.35. The third kappa shape index (κ3) is 5.14. The van der Waals surface area contributed by atoms with Crippen LogP contribution in [0.2, 0.25) is 0 Å². The Morgan fingerprint density at radius 1 is 1.23 bits per heavy atom. The summed E-state index contributed by atoms with van der Waals surface area (Å²) in [6, 6.07) is 10.3. The molecule has 1 fully saturated rings. The van der Waals surface area contributed by atoms with Crippen LogP contribution < -0.4 is 0 Å². The Hall–Kier alpha value is -2.71. The first kappa shape index (κ1) is 21.5. The van der Waals surface area contributed by atoms with Crippen LogP contribution in [0.5, 0.6) is 0 Å². The van der Waals surface area contributed by atoms with E-state index < -0.39 is 0 Å². The number of pyridine rings is 1. The predicted molar refractivity (Wildman–Crippen MR) is 115 cm³/mol. The van der Waals surface area contributed by atoms with Gasteiger partial charge >= 0.3 is 0 Å². The minimum atomic E-state index is -0.305. The van der Waals surface area contributed by atoms with Gasteiger partial charge in [-0.05, 0) is 73.4 Å². The maximum Gasteiger partial charge on any atom is 0.173 e. The molecular weight excluding hydrogens is 395 g/mol. The fraction of sp³-hybridized carbons (Fsp3) is 0.478. The van der Waals surface area contributed by atoms with Crippen molar-refractivity contribution in [3.8, 4) is 0 Å². The molecule has 0 bridgehead atoms. The van der Waals surface area contributed by atoms with Crippen LogP contribution in [0.15, 0.2) is 48.8 Å². The highest BCUT2D eigenvalue weighted by atomic mass is 19.1. The Bertz CT molecular complexity index is 964. The van der Waals surface area contributed by atoms with Crippen LogP contribution >= 0.6 is 0 Å². The highest BCUT2D eigenvalue weighted by molar-refractivity contribution is 5.26. The number of halogens is 1. The van der Waals surface area contributed by atoms with Crippen molar-refractivity contribution in [3.63, 3.8) is 0 Å². The number of benzene rings is 1. The molecule has 3 aromatic rings. The molecule has 0 unspecified atom stereocenters. The summed E-state index contributed by atoms with van der Waals surface area (Å²) in [5.41, 5.74) is 1.71. The van der Waals surface area contributed by atoms with Crippen molar-refractivity contribution in [1.29, 1.82) is 0 Å². The summed E-state index contributed by atoms with van der Waals surface area (Å²) in [6.07, 6.45) is 5.86. The summed E-state index contributed by atoms with van der Waals surface area (Å²) in [5, 5.41) is 12.7. The molecule has 0 spiro atoms. The number of rotatable bonds is 7. The van der Waals surface area contributed by atoms with E-state index in [2.05, 4.69) is 52.2 Å². The molecule has 2 atom stereocenters. The average Bonchev–Trinajstić information content (AvgIpc) is 3.42. The molecule has 1 aliphatic rings. The molecule has 0 saturated carbocycles. The number of nitrogens with zero attached hydrogens (tertiary/aromatic N) is 6. The minimum Gasteiger partial charge on any atom is -0.377 e. The standard InChI is InChI=1S/C23H29FN6O/c1-23(2,3)30-22(26-27-28-30)21(18-8-10-19(24)11-9-18)29(16-20-7-5-13-31-20)15-17-6-4-12-25-14-17/h4,6,8-12,14,20-21H,5,7,13,15-16H2,1-3H3/t20-,21+/m1/s1. The normalized spacial score (nSPS) is 17.9. The van der Waals surface area contributed by atoms with Gasteiger partial charge in [-0.15, -0.1) is 5.10 Å². The molecule has 0 aliphatic carbocycles. The van der Waals surface area contributed by atoms with Gasteiger partial charge in [-0.3, -0.25) is 9.88 Å². The highest BCUT2D eigenvalue weighted by Gasteiger charge is 2.33. The molecule has 1 saturated heterocycles. The van der Waals surface area contributed by atoms with E-state index in [1.165, 1.54) is 12.1 Å². The second kappa shape index (κ2) is 9.20. The van der Waals surface area contributed by atoms with E-state index in [9.17, 15) is 4.39 Å².